The van der Waals surface area contributed by atoms with E-state index in [1.54, 1.807) is 26.1 Å². The zero-order chi connectivity index (χ0) is 14.9. The molecule has 108 valence electrons. The summed E-state index contributed by atoms with van der Waals surface area (Å²) >= 11 is 5.97. The summed E-state index contributed by atoms with van der Waals surface area (Å²) in [5.74, 6) is 1.67. The second-order valence-corrected chi connectivity index (χ2v) is 5.06. The van der Waals surface area contributed by atoms with Crippen molar-refractivity contribution in [2.24, 2.45) is 0 Å². The molecule has 1 heterocycles. The van der Waals surface area contributed by atoms with Crippen LogP contribution in [0, 0.1) is 0 Å². The van der Waals surface area contributed by atoms with Gasteiger partial charge in [0.2, 0.25) is 5.91 Å². The molecule has 5 nitrogen and oxygen atoms in total. The molecule has 0 aliphatic carbocycles. The van der Waals surface area contributed by atoms with Crippen molar-refractivity contribution in [2.45, 2.75) is 18.8 Å². The number of hydrogen-bond acceptors (Lipinski definition) is 3. The van der Waals surface area contributed by atoms with Gasteiger partial charge in [-0.3, -0.25) is 4.79 Å². The van der Waals surface area contributed by atoms with Crippen molar-refractivity contribution < 1.29 is 9.53 Å². The molecule has 1 aromatic carbocycles. The second-order valence-electron chi connectivity index (χ2n) is 4.79. The van der Waals surface area contributed by atoms with Crippen LogP contribution in [0.25, 0.3) is 11.0 Å². The minimum Gasteiger partial charge on any atom is -0.497 e. The summed E-state index contributed by atoms with van der Waals surface area (Å²) in [4.78, 5) is 18.2. The highest BCUT2D eigenvalue weighted by atomic mass is 35.5. The number of rotatable bonds is 4. The Bertz CT molecular complexity index is 637. The first-order valence-electron chi connectivity index (χ1n) is 6.31. The Balaban J connectivity index is 2.58. The van der Waals surface area contributed by atoms with Crippen LogP contribution in [-0.2, 0) is 10.7 Å². The Kier molecular flexibility index (Phi) is 4.18. The number of amides is 1. The van der Waals surface area contributed by atoms with E-state index in [0.29, 0.717) is 5.82 Å². The van der Waals surface area contributed by atoms with Gasteiger partial charge in [0.1, 0.15) is 17.6 Å². The van der Waals surface area contributed by atoms with Gasteiger partial charge in [0, 0.05) is 20.2 Å². The molecule has 0 spiro atoms. The van der Waals surface area contributed by atoms with E-state index in [9.17, 15) is 4.79 Å². The summed E-state index contributed by atoms with van der Waals surface area (Å²) in [6, 6.07) is 5.24. The lowest BCUT2D eigenvalue weighted by molar-refractivity contribution is -0.131. The van der Waals surface area contributed by atoms with Crippen molar-refractivity contribution in [3.8, 4) is 5.75 Å². The molecule has 0 saturated carbocycles. The van der Waals surface area contributed by atoms with Gasteiger partial charge in [-0.1, -0.05) is 0 Å². The number of hydrogen-bond donors (Lipinski definition) is 0. The van der Waals surface area contributed by atoms with E-state index in [2.05, 4.69) is 4.98 Å². The molecule has 0 aliphatic heterocycles. The zero-order valence-corrected chi connectivity index (χ0v) is 12.8. The molecule has 0 fully saturated rings. The summed E-state index contributed by atoms with van der Waals surface area (Å²) < 4.78 is 7.07. The number of aromatic nitrogens is 2. The summed E-state index contributed by atoms with van der Waals surface area (Å²) in [7, 11) is 5.08. The Hall–Kier alpha value is -1.75. The highest BCUT2D eigenvalue weighted by molar-refractivity contribution is 6.17. The van der Waals surface area contributed by atoms with Gasteiger partial charge in [-0.15, -0.1) is 11.6 Å². The molecule has 2 rings (SSSR count). The maximum absolute atomic E-state index is 12.2. The zero-order valence-electron chi connectivity index (χ0n) is 12.1. The molecule has 1 unspecified atom stereocenters. The largest absolute Gasteiger partial charge is 0.497 e. The van der Waals surface area contributed by atoms with Crippen molar-refractivity contribution in [1.82, 2.24) is 14.5 Å². The SMILES string of the molecule is COc1ccc2c(c1)nc(CCl)n2C(C)C(=O)N(C)C. The lowest BCUT2D eigenvalue weighted by Crippen LogP contribution is -2.30. The van der Waals surface area contributed by atoms with Gasteiger partial charge in [0.15, 0.2) is 0 Å². The molecule has 0 N–H and O–H groups in total. The van der Waals surface area contributed by atoms with Crippen LogP contribution in [0.2, 0.25) is 0 Å². The number of carbonyl (C=O) groups is 1. The third kappa shape index (κ3) is 2.45. The van der Waals surface area contributed by atoms with Crippen LogP contribution in [0.15, 0.2) is 18.2 Å². The molecule has 1 aromatic heterocycles. The molecule has 1 amide bonds. The maximum Gasteiger partial charge on any atom is 0.244 e. The lowest BCUT2D eigenvalue weighted by Gasteiger charge is -2.20. The van der Waals surface area contributed by atoms with Crippen molar-refractivity contribution in [3.05, 3.63) is 24.0 Å². The van der Waals surface area contributed by atoms with Gasteiger partial charge in [-0.2, -0.15) is 0 Å². The first-order chi connectivity index (χ1) is 9.49. The first-order valence-corrected chi connectivity index (χ1v) is 6.85. The highest BCUT2D eigenvalue weighted by Gasteiger charge is 2.22. The average Bonchev–Trinajstić information content (AvgIpc) is 2.82. The van der Waals surface area contributed by atoms with Gasteiger partial charge in [0.25, 0.3) is 0 Å². The van der Waals surface area contributed by atoms with Gasteiger partial charge in [-0.05, 0) is 19.1 Å². The third-order valence-electron chi connectivity index (χ3n) is 3.27. The van der Waals surface area contributed by atoms with Crippen LogP contribution in [0.4, 0.5) is 0 Å². The number of alkyl halides is 1. The van der Waals surface area contributed by atoms with Crippen molar-refractivity contribution in [3.63, 3.8) is 0 Å². The van der Waals surface area contributed by atoms with Crippen molar-refractivity contribution >= 4 is 28.5 Å². The molecular weight excluding hydrogens is 278 g/mol. The van der Waals surface area contributed by atoms with E-state index in [-0.39, 0.29) is 17.8 Å². The predicted molar refractivity (Wildman–Crippen MR) is 79.2 cm³/mol. The second kappa shape index (κ2) is 5.71. The molecule has 0 aliphatic rings. The maximum atomic E-state index is 12.2. The van der Waals surface area contributed by atoms with Gasteiger partial charge < -0.3 is 14.2 Å². The fourth-order valence-electron chi connectivity index (χ4n) is 2.27. The predicted octanol–water partition coefficient (Wildman–Crippen LogP) is 2.43. The molecule has 0 radical (unpaired) electrons. The number of methoxy groups -OCH3 is 1. The van der Waals surface area contributed by atoms with Crippen molar-refractivity contribution in [1.29, 1.82) is 0 Å². The fraction of sp³-hybridized carbons (Fsp3) is 0.429. The lowest BCUT2D eigenvalue weighted by atomic mass is 10.2. The Morgan fingerprint density at radius 2 is 2.20 bits per heavy atom. The normalized spacial score (nSPS) is 12.4. The summed E-state index contributed by atoms with van der Waals surface area (Å²) in [6.07, 6.45) is 0. The molecule has 6 heteroatoms. The van der Waals surface area contributed by atoms with E-state index >= 15 is 0 Å². The molecule has 1 atom stereocenters. The number of fused-ring (bicyclic) bond motifs is 1. The number of carbonyl (C=O) groups excluding carboxylic acids is 1. The minimum absolute atomic E-state index is 0.00600. The third-order valence-corrected chi connectivity index (χ3v) is 3.51. The van der Waals surface area contributed by atoms with Gasteiger partial charge >= 0.3 is 0 Å². The molecule has 2 aromatic rings. The molecule has 0 saturated heterocycles. The molecular formula is C14H18ClN3O2. The number of benzene rings is 1. The number of nitrogens with zero attached hydrogens (tertiary/aromatic N) is 3. The smallest absolute Gasteiger partial charge is 0.244 e. The van der Waals surface area contributed by atoms with Gasteiger partial charge in [-0.25, -0.2) is 4.98 Å². The van der Waals surface area contributed by atoms with Crippen LogP contribution < -0.4 is 4.74 Å². The van der Waals surface area contributed by atoms with E-state index < -0.39 is 0 Å². The number of halogens is 1. The van der Waals surface area contributed by atoms with Gasteiger partial charge in [0.05, 0.1) is 24.0 Å². The molecule has 0 bridgehead atoms. The van der Waals surface area contributed by atoms with Crippen LogP contribution in [0.3, 0.4) is 0 Å². The van der Waals surface area contributed by atoms with Crippen LogP contribution in [0.5, 0.6) is 5.75 Å². The standard InChI is InChI=1S/C14H18ClN3O2/c1-9(14(19)17(2)3)18-12-6-5-10(20-4)7-11(12)16-13(18)8-15/h5-7,9H,8H2,1-4H3. The molecule has 20 heavy (non-hydrogen) atoms. The summed E-state index contributed by atoms with van der Waals surface area (Å²) in [5, 5.41) is 0. The Labute approximate surface area is 123 Å². The topological polar surface area (TPSA) is 47.4 Å². The van der Waals surface area contributed by atoms with E-state index in [0.717, 1.165) is 16.8 Å². The number of likely N-dealkylation sites (N-methyl/N-ethyl adjacent to an activating group) is 1. The van der Waals surface area contributed by atoms with E-state index in [1.807, 2.05) is 29.7 Å². The Morgan fingerprint density at radius 1 is 1.50 bits per heavy atom. The van der Waals surface area contributed by atoms with E-state index in [4.69, 9.17) is 16.3 Å². The van der Waals surface area contributed by atoms with Crippen LogP contribution in [-0.4, -0.2) is 41.6 Å². The van der Waals surface area contributed by atoms with Crippen LogP contribution in [0.1, 0.15) is 18.8 Å². The van der Waals surface area contributed by atoms with Crippen molar-refractivity contribution in [2.75, 3.05) is 21.2 Å². The number of imidazole rings is 1. The monoisotopic (exact) mass is 295 g/mol. The van der Waals surface area contributed by atoms with Crippen LogP contribution >= 0.6 is 11.6 Å². The fourth-order valence-corrected chi connectivity index (χ4v) is 2.45. The summed E-state index contributed by atoms with van der Waals surface area (Å²) in [6.45, 7) is 1.85. The van der Waals surface area contributed by atoms with E-state index in [1.165, 1.54) is 0 Å². The summed E-state index contributed by atoms with van der Waals surface area (Å²) in [5.41, 5.74) is 1.66. The first kappa shape index (κ1) is 14.7. The number of ether oxygens (including phenoxy) is 1. The minimum atomic E-state index is -0.350. The average molecular weight is 296 g/mol. The quantitative estimate of drug-likeness (QED) is 0.814. The Morgan fingerprint density at radius 3 is 2.75 bits per heavy atom. The highest BCUT2D eigenvalue weighted by Crippen LogP contribution is 2.26.